The van der Waals surface area contributed by atoms with Gasteiger partial charge in [-0.05, 0) is 54.3 Å². The number of amides is 2. The summed E-state index contributed by atoms with van der Waals surface area (Å²) in [5, 5.41) is 5.12. The number of nitrogens with one attached hydrogen (secondary N) is 2. The molecule has 160 valence electrons. The molecular formula is C23H28N2O5. The van der Waals surface area contributed by atoms with Crippen LogP contribution in [0.2, 0.25) is 0 Å². The van der Waals surface area contributed by atoms with Gasteiger partial charge in [0.1, 0.15) is 12.3 Å². The smallest absolute Gasteiger partial charge is 0.325 e. The summed E-state index contributed by atoms with van der Waals surface area (Å²) >= 11 is 0. The molecule has 2 aromatic rings. The summed E-state index contributed by atoms with van der Waals surface area (Å²) in [6, 6.07) is 14.0. The van der Waals surface area contributed by atoms with Gasteiger partial charge in [-0.2, -0.15) is 0 Å². The van der Waals surface area contributed by atoms with Crippen molar-refractivity contribution >= 4 is 23.5 Å². The SMILES string of the molecule is CCOc1ccc(C(=O)NCC(=O)OCC(=O)Nc2ccc(C(C)(C)C)cc2)cc1. The van der Waals surface area contributed by atoms with Crippen molar-refractivity contribution in [2.75, 3.05) is 25.1 Å². The van der Waals surface area contributed by atoms with E-state index >= 15 is 0 Å². The molecule has 0 fully saturated rings. The van der Waals surface area contributed by atoms with Gasteiger partial charge in [-0.1, -0.05) is 32.9 Å². The van der Waals surface area contributed by atoms with Gasteiger partial charge < -0.3 is 20.1 Å². The summed E-state index contributed by atoms with van der Waals surface area (Å²) in [5.41, 5.74) is 2.18. The quantitative estimate of drug-likeness (QED) is 0.649. The number of anilines is 1. The number of benzene rings is 2. The van der Waals surface area contributed by atoms with Gasteiger partial charge in [-0.25, -0.2) is 0 Å². The summed E-state index contributed by atoms with van der Waals surface area (Å²) in [7, 11) is 0. The Morgan fingerprint density at radius 2 is 1.57 bits per heavy atom. The molecule has 0 radical (unpaired) electrons. The molecule has 0 atom stereocenters. The second-order valence-corrected chi connectivity index (χ2v) is 7.68. The zero-order valence-electron chi connectivity index (χ0n) is 17.8. The van der Waals surface area contributed by atoms with Crippen LogP contribution in [0.1, 0.15) is 43.6 Å². The molecular weight excluding hydrogens is 384 g/mol. The summed E-state index contributed by atoms with van der Waals surface area (Å²) in [6.45, 7) is 7.96. The van der Waals surface area contributed by atoms with Crippen LogP contribution in [0.5, 0.6) is 5.75 Å². The van der Waals surface area contributed by atoms with Crippen molar-refractivity contribution in [1.29, 1.82) is 0 Å². The number of hydrogen-bond donors (Lipinski definition) is 2. The minimum atomic E-state index is -0.701. The molecule has 0 aliphatic carbocycles. The zero-order chi connectivity index (χ0) is 22.1. The highest BCUT2D eigenvalue weighted by atomic mass is 16.5. The third-order valence-electron chi connectivity index (χ3n) is 4.22. The first kappa shape index (κ1) is 22.9. The van der Waals surface area contributed by atoms with Crippen molar-refractivity contribution in [3.63, 3.8) is 0 Å². The molecule has 2 aromatic carbocycles. The van der Waals surface area contributed by atoms with E-state index in [2.05, 4.69) is 31.4 Å². The van der Waals surface area contributed by atoms with E-state index in [1.165, 1.54) is 0 Å². The normalized spacial score (nSPS) is 10.8. The van der Waals surface area contributed by atoms with Gasteiger partial charge in [-0.3, -0.25) is 14.4 Å². The average Bonchev–Trinajstić information content (AvgIpc) is 2.71. The number of hydrogen-bond acceptors (Lipinski definition) is 5. The van der Waals surface area contributed by atoms with Crippen LogP contribution in [0.4, 0.5) is 5.69 Å². The van der Waals surface area contributed by atoms with Gasteiger partial charge in [0.15, 0.2) is 6.61 Å². The first-order valence-electron chi connectivity index (χ1n) is 9.76. The van der Waals surface area contributed by atoms with Crippen LogP contribution in [-0.4, -0.2) is 37.5 Å². The van der Waals surface area contributed by atoms with E-state index in [1.54, 1.807) is 36.4 Å². The second-order valence-electron chi connectivity index (χ2n) is 7.68. The summed E-state index contributed by atoms with van der Waals surface area (Å²) in [5.74, 6) is -0.914. The zero-order valence-corrected chi connectivity index (χ0v) is 17.8. The molecule has 7 heteroatoms. The van der Waals surface area contributed by atoms with Crippen molar-refractivity contribution in [3.8, 4) is 5.75 Å². The van der Waals surface area contributed by atoms with Crippen LogP contribution in [0.15, 0.2) is 48.5 Å². The predicted octanol–water partition coefficient (Wildman–Crippen LogP) is 3.29. The van der Waals surface area contributed by atoms with Gasteiger partial charge in [0, 0.05) is 11.3 Å². The van der Waals surface area contributed by atoms with Crippen molar-refractivity contribution in [2.45, 2.75) is 33.1 Å². The molecule has 2 amide bonds. The molecule has 0 bridgehead atoms. The van der Waals surface area contributed by atoms with Crippen molar-refractivity contribution in [3.05, 3.63) is 59.7 Å². The Kier molecular flexibility index (Phi) is 7.98. The Hall–Kier alpha value is -3.35. The highest BCUT2D eigenvalue weighted by Crippen LogP contribution is 2.23. The minimum absolute atomic E-state index is 0.0217. The first-order valence-corrected chi connectivity index (χ1v) is 9.76. The van der Waals surface area contributed by atoms with E-state index in [9.17, 15) is 14.4 Å². The number of carbonyl (C=O) groups is 3. The number of ether oxygens (including phenoxy) is 2. The van der Waals surface area contributed by atoms with Crippen molar-refractivity contribution in [2.24, 2.45) is 0 Å². The molecule has 2 rings (SSSR count). The lowest BCUT2D eigenvalue weighted by Gasteiger charge is -2.19. The van der Waals surface area contributed by atoms with E-state index < -0.39 is 24.4 Å². The van der Waals surface area contributed by atoms with Crippen LogP contribution >= 0.6 is 0 Å². The fraction of sp³-hybridized carbons (Fsp3) is 0.348. The lowest BCUT2D eigenvalue weighted by atomic mass is 9.87. The van der Waals surface area contributed by atoms with Crippen molar-refractivity contribution in [1.82, 2.24) is 5.32 Å². The van der Waals surface area contributed by atoms with E-state index in [4.69, 9.17) is 9.47 Å². The standard InChI is InChI=1S/C23H28N2O5/c1-5-29-19-12-6-16(7-13-19)22(28)24-14-21(27)30-15-20(26)25-18-10-8-17(9-11-18)23(2,3)4/h6-13H,5,14-15H2,1-4H3,(H,24,28)(H,25,26). The maximum absolute atomic E-state index is 12.1. The molecule has 0 aromatic heterocycles. The Morgan fingerprint density at radius 1 is 0.933 bits per heavy atom. The maximum atomic E-state index is 12.1. The second kappa shape index (κ2) is 10.4. The molecule has 7 nitrogen and oxygen atoms in total. The molecule has 0 aliphatic rings. The predicted molar refractivity (Wildman–Crippen MR) is 115 cm³/mol. The lowest BCUT2D eigenvalue weighted by molar-refractivity contribution is -0.146. The summed E-state index contributed by atoms with van der Waals surface area (Å²) < 4.78 is 10.2. The monoisotopic (exact) mass is 412 g/mol. The fourth-order valence-electron chi connectivity index (χ4n) is 2.57. The number of carbonyl (C=O) groups excluding carboxylic acids is 3. The van der Waals surface area contributed by atoms with Crippen LogP contribution in [0, 0.1) is 0 Å². The molecule has 0 saturated heterocycles. The first-order chi connectivity index (χ1) is 14.2. The Morgan fingerprint density at radius 3 is 2.13 bits per heavy atom. The van der Waals surface area contributed by atoms with Crippen molar-refractivity contribution < 1.29 is 23.9 Å². The van der Waals surface area contributed by atoms with Gasteiger partial charge in [0.25, 0.3) is 11.8 Å². The van der Waals surface area contributed by atoms with Crippen LogP contribution in [-0.2, 0) is 19.7 Å². The largest absolute Gasteiger partial charge is 0.494 e. The molecule has 2 N–H and O–H groups in total. The van der Waals surface area contributed by atoms with E-state index in [0.29, 0.717) is 23.6 Å². The van der Waals surface area contributed by atoms with Gasteiger partial charge in [0.05, 0.1) is 6.61 Å². The number of esters is 1. The number of rotatable bonds is 8. The van der Waals surface area contributed by atoms with E-state index in [-0.39, 0.29) is 12.0 Å². The topological polar surface area (TPSA) is 93.7 Å². The van der Waals surface area contributed by atoms with Crippen LogP contribution in [0.25, 0.3) is 0 Å². The summed E-state index contributed by atoms with van der Waals surface area (Å²) in [4.78, 5) is 35.8. The third-order valence-corrected chi connectivity index (χ3v) is 4.22. The fourth-order valence-corrected chi connectivity index (χ4v) is 2.57. The lowest BCUT2D eigenvalue weighted by Crippen LogP contribution is -2.32. The van der Waals surface area contributed by atoms with E-state index in [0.717, 1.165) is 5.56 Å². The molecule has 0 saturated carbocycles. The molecule has 30 heavy (non-hydrogen) atoms. The third kappa shape index (κ3) is 7.24. The van der Waals surface area contributed by atoms with Crippen LogP contribution < -0.4 is 15.4 Å². The summed E-state index contributed by atoms with van der Waals surface area (Å²) in [6.07, 6.45) is 0. The highest BCUT2D eigenvalue weighted by Gasteiger charge is 2.14. The average molecular weight is 412 g/mol. The highest BCUT2D eigenvalue weighted by molar-refractivity contribution is 5.96. The maximum Gasteiger partial charge on any atom is 0.325 e. The molecule has 0 heterocycles. The molecule has 0 spiro atoms. The van der Waals surface area contributed by atoms with E-state index in [1.807, 2.05) is 19.1 Å². The minimum Gasteiger partial charge on any atom is -0.494 e. The Bertz CT molecular complexity index is 868. The van der Waals surface area contributed by atoms with Gasteiger partial charge in [0.2, 0.25) is 0 Å². The molecule has 0 aliphatic heterocycles. The molecule has 0 unspecified atom stereocenters. The Balaban J connectivity index is 1.73. The van der Waals surface area contributed by atoms with Gasteiger partial charge in [-0.15, -0.1) is 0 Å². The van der Waals surface area contributed by atoms with Crippen LogP contribution in [0.3, 0.4) is 0 Å². The van der Waals surface area contributed by atoms with Gasteiger partial charge >= 0.3 is 5.97 Å². The Labute approximate surface area is 176 Å².